The molecular weight excluding hydrogens is 276 g/mol. The number of hydrogen-bond acceptors (Lipinski definition) is 6. The predicted molar refractivity (Wildman–Crippen MR) is 72.1 cm³/mol. The van der Waals surface area contributed by atoms with Crippen LogP contribution < -0.4 is 5.56 Å². The molecule has 21 heavy (non-hydrogen) atoms. The lowest BCUT2D eigenvalue weighted by molar-refractivity contribution is -0.0492. The first-order chi connectivity index (χ1) is 10.2. The van der Waals surface area contributed by atoms with Crippen LogP contribution in [0.25, 0.3) is 11.2 Å². The van der Waals surface area contributed by atoms with Gasteiger partial charge < -0.3 is 19.9 Å². The number of aromatic amines is 1. The summed E-state index contributed by atoms with van der Waals surface area (Å²) in [7, 11) is 0. The molecule has 1 aliphatic heterocycles. The van der Waals surface area contributed by atoms with Gasteiger partial charge in [0.15, 0.2) is 17.4 Å². The van der Waals surface area contributed by atoms with Gasteiger partial charge in [-0.05, 0) is 0 Å². The minimum absolute atomic E-state index is 0.161. The number of imidazole rings is 1. The van der Waals surface area contributed by atoms with E-state index < -0.39 is 18.4 Å². The summed E-state index contributed by atoms with van der Waals surface area (Å²) in [5.41, 5.74) is 0.0974. The van der Waals surface area contributed by atoms with Crippen molar-refractivity contribution >= 4 is 11.2 Å². The number of fused-ring (bicyclic) bond motifs is 1. The van der Waals surface area contributed by atoms with E-state index in [2.05, 4.69) is 20.9 Å². The molecule has 3 heterocycles. The monoisotopic (exact) mass is 290 g/mol. The van der Waals surface area contributed by atoms with Crippen LogP contribution >= 0.6 is 0 Å². The number of aromatic nitrogens is 4. The summed E-state index contributed by atoms with van der Waals surface area (Å²) in [6.45, 7) is -0.249. The van der Waals surface area contributed by atoms with E-state index in [1.165, 1.54) is 17.2 Å². The Hall–Kier alpha value is -2.21. The Balaban J connectivity index is 2.02. The standard InChI is InChI=1S/C13H14N4O4/c1-2-3-7-8(4-18)21-13(10(7)19)17-6-16-9-11(17)14-5-15-12(9)20/h1,5-8,10,13,18-19H,3-4H2,(H,14,15,20)/t7-,8-,10-,13-/m1/s1. The van der Waals surface area contributed by atoms with E-state index in [1.807, 2.05) is 0 Å². The van der Waals surface area contributed by atoms with Gasteiger partial charge in [0.25, 0.3) is 5.56 Å². The fraction of sp³-hybridized carbons (Fsp3) is 0.462. The van der Waals surface area contributed by atoms with Gasteiger partial charge >= 0.3 is 0 Å². The van der Waals surface area contributed by atoms with Gasteiger partial charge in [-0.3, -0.25) is 9.36 Å². The van der Waals surface area contributed by atoms with Crippen LogP contribution in [0, 0.1) is 18.3 Å². The van der Waals surface area contributed by atoms with Crippen molar-refractivity contribution in [1.29, 1.82) is 0 Å². The van der Waals surface area contributed by atoms with Gasteiger partial charge in [0.1, 0.15) is 6.10 Å². The molecule has 2 aromatic heterocycles. The largest absolute Gasteiger partial charge is 0.394 e. The third-order valence-electron chi connectivity index (χ3n) is 3.70. The van der Waals surface area contributed by atoms with Crippen molar-refractivity contribution in [2.45, 2.75) is 24.9 Å². The molecular formula is C13H14N4O4. The highest BCUT2D eigenvalue weighted by atomic mass is 16.5. The van der Waals surface area contributed by atoms with Gasteiger partial charge in [-0.1, -0.05) is 0 Å². The molecule has 0 aromatic carbocycles. The summed E-state index contributed by atoms with van der Waals surface area (Å²) >= 11 is 0. The van der Waals surface area contributed by atoms with Gasteiger partial charge in [-0.15, -0.1) is 12.3 Å². The number of aliphatic hydroxyl groups excluding tert-OH is 2. The lowest BCUT2D eigenvalue weighted by Gasteiger charge is -2.17. The van der Waals surface area contributed by atoms with E-state index in [0.29, 0.717) is 5.65 Å². The Morgan fingerprint density at radius 3 is 3.05 bits per heavy atom. The highest BCUT2D eigenvalue weighted by molar-refractivity contribution is 5.68. The van der Waals surface area contributed by atoms with E-state index in [1.54, 1.807) is 0 Å². The number of nitrogens with one attached hydrogen (secondary N) is 1. The van der Waals surface area contributed by atoms with Crippen molar-refractivity contribution in [1.82, 2.24) is 19.5 Å². The summed E-state index contributed by atoms with van der Waals surface area (Å²) < 4.78 is 7.14. The van der Waals surface area contributed by atoms with Crippen LogP contribution in [-0.4, -0.2) is 48.5 Å². The third kappa shape index (κ3) is 2.12. The van der Waals surface area contributed by atoms with E-state index in [9.17, 15) is 15.0 Å². The molecule has 4 atom stereocenters. The normalized spacial score (nSPS) is 28.8. The van der Waals surface area contributed by atoms with Crippen LogP contribution in [0.4, 0.5) is 0 Å². The average molecular weight is 290 g/mol. The maximum absolute atomic E-state index is 11.6. The number of terminal acetylenes is 1. The summed E-state index contributed by atoms with van der Waals surface area (Å²) in [6, 6.07) is 0. The number of ether oxygens (including phenoxy) is 1. The Morgan fingerprint density at radius 1 is 1.52 bits per heavy atom. The number of rotatable bonds is 3. The number of nitrogens with zero attached hydrogens (tertiary/aromatic N) is 3. The molecule has 0 unspecified atom stereocenters. The van der Waals surface area contributed by atoms with Crippen molar-refractivity contribution in [3.05, 3.63) is 23.0 Å². The molecule has 1 aliphatic rings. The lowest BCUT2D eigenvalue weighted by atomic mass is 9.95. The Bertz CT molecular complexity index is 746. The molecule has 0 amide bonds. The van der Waals surface area contributed by atoms with Crippen LogP contribution in [0.2, 0.25) is 0 Å². The molecule has 8 heteroatoms. The van der Waals surface area contributed by atoms with E-state index >= 15 is 0 Å². The van der Waals surface area contributed by atoms with Crippen LogP contribution in [0.3, 0.4) is 0 Å². The molecule has 2 aromatic rings. The third-order valence-corrected chi connectivity index (χ3v) is 3.70. The summed E-state index contributed by atoms with van der Waals surface area (Å²) in [5, 5.41) is 19.7. The van der Waals surface area contributed by atoms with Gasteiger partial charge in [-0.2, -0.15) is 0 Å². The average Bonchev–Trinajstić information content (AvgIpc) is 3.03. The zero-order valence-corrected chi connectivity index (χ0v) is 11.0. The molecule has 0 saturated carbocycles. The predicted octanol–water partition coefficient (Wildman–Crippen LogP) is -0.990. The van der Waals surface area contributed by atoms with E-state index in [-0.39, 0.29) is 30.0 Å². The summed E-state index contributed by atoms with van der Waals surface area (Å²) in [4.78, 5) is 22.1. The first-order valence-electron chi connectivity index (χ1n) is 6.45. The van der Waals surface area contributed by atoms with Crippen LogP contribution in [0.5, 0.6) is 0 Å². The maximum atomic E-state index is 11.6. The van der Waals surface area contributed by atoms with Gasteiger partial charge in [0, 0.05) is 12.3 Å². The zero-order valence-electron chi connectivity index (χ0n) is 11.0. The summed E-state index contributed by atoms with van der Waals surface area (Å²) in [5.74, 6) is 2.09. The Kier molecular flexibility index (Phi) is 3.47. The van der Waals surface area contributed by atoms with Crippen LogP contribution in [0.15, 0.2) is 17.4 Å². The SMILES string of the molecule is C#CC[C@H]1[C@@H](O)[C@H](n2cnc3c(=O)[nH]cnc32)O[C@@H]1CO. The Morgan fingerprint density at radius 2 is 2.33 bits per heavy atom. The summed E-state index contributed by atoms with van der Waals surface area (Å²) in [6.07, 6.45) is 5.93. The molecule has 3 N–H and O–H groups in total. The van der Waals surface area contributed by atoms with Crippen LogP contribution in [-0.2, 0) is 4.74 Å². The molecule has 0 radical (unpaired) electrons. The van der Waals surface area contributed by atoms with Crippen molar-refractivity contribution < 1.29 is 14.9 Å². The topological polar surface area (TPSA) is 113 Å². The number of H-pyrrole nitrogens is 1. The zero-order chi connectivity index (χ0) is 15.0. The second-order valence-corrected chi connectivity index (χ2v) is 4.87. The molecule has 8 nitrogen and oxygen atoms in total. The van der Waals surface area contributed by atoms with Crippen molar-refractivity contribution in [3.8, 4) is 12.3 Å². The molecule has 0 spiro atoms. The van der Waals surface area contributed by atoms with Gasteiger partial charge in [-0.25, -0.2) is 9.97 Å². The highest BCUT2D eigenvalue weighted by Crippen LogP contribution is 2.36. The van der Waals surface area contributed by atoms with E-state index in [0.717, 1.165) is 0 Å². The van der Waals surface area contributed by atoms with Crippen molar-refractivity contribution in [3.63, 3.8) is 0 Å². The molecule has 1 fully saturated rings. The maximum Gasteiger partial charge on any atom is 0.278 e. The van der Waals surface area contributed by atoms with E-state index in [4.69, 9.17) is 11.2 Å². The van der Waals surface area contributed by atoms with Crippen molar-refractivity contribution in [2.24, 2.45) is 5.92 Å². The fourth-order valence-corrected chi connectivity index (χ4v) is 2.64. The fourth-order valence-electron chi connectivity index (χ4n) is 2.64. The number of hydrogen-bond donors (Lipinski definition) is 3. The first-order valence-corrected chi connectivity index (χ1v) is 6.45. The quantitative estimate of drug-likeness (QED) is 0.626. The first kappa shape index (κ1) is 13.8. The molecule has 1 saturated heterocycles. The molecule has 0 bridgehead atoms. The molecule has 110 valence electrons. The highest BCUT2D eigenvalue weighted by Gasteiger charge is 2.44. The number of aliphatic hydroxyl groups is 2. The minimum Gasteiger partial charge on any atom is -0.394 e. The lowest BCUT2D eigenvalue weighted by Crippen LogP contribution is -2.27. The smallest absolute Gasteiger partial charge is 0.278 e. The minimum atomic E-state index is -0.920. The van der Waals surface area contributed by atoms with Crippen molar-refractivity contribution in [2.75, 3.05) is 6.61 Å². The van der Waals surface area contributed by atoms with Crippen LogP contribution in [0.1, 0.15) is 12.6 Å². The second kappa shape index (κ2) is 5.29. The van der Waals surface area contributed by atoms with Gasteiger partial charge in [0.05, 0.1) is 25.4 Å². The Labute approximate surface area is 119 Å². The second-order valence-electron chi connectivity index (χ2n) is 4.87. The molecule has 3 rings (SSSR count). The van der Waals surface area contributed by atoms with Gasteiger partial charge in [0.2, 0.25) is 0 Å². The molecule has 0 aliphatic carbocycles.